The van der Waals surface area contributed by atoms with Gasteiger partial charge in [-0.05, 0) is 62.5 Å². The van der Waals surface area contributed by atoms with Gasteiger partial charge in [0.05, 0.1) is 14.2 Å². The van der Waals surface area contributed by atoms with Crippen molar-refractivity contribution in [2.45, 2.75) is 13.8 Å². The van der Waals surface area contributed by atoms with E-state index in [0.717, 1.165) is 11.4 Å². The van der Waals surface area contributed by atoms with E-state index in [4.69, 9.17) is 33.9 Å². The summed E-state index contributed by atoms with van der Waals surface area (Å²) in [6.07, 6.45) is 0. The molecule has 6 heteroatoms. The van der Waals surface area contributed by atoms with Crippen LogP contribution in [0.5, 0.6) is 0 Å². The van der Waals surface area contributed by atoms with Gasteiger partial charge in [-0.3, -0.25) is 0 Å². The Balaban J connectivity index is 0.000000240. The highest BCUT2D eigenvalue weighted by molar-refractivity contribution is 7.80. The monoisotopic (exact) mass is 362 g/mol. The van der Waals surface area contributed by atoms with E-state index in [0.29, 0.717) is 10.3 Å². The van der Waals surface area contributed by atoms with E-state index in [-0.39, 0.29) is 0 Å². The smallest absolute Gasteiger partial charge is 0.260 e. The fourth-order valence-corrected chi connectivity index (χ4v) is 1.85. The minimum absolute atomic E-state index is 0.388. The summed E-state index contributed by atoms with van der Waals surface area (Å²) in [6.45, 7) is 4.08. The predicted molar refractivity (Wildman–Crippen MR) is 109 cm³/mol. The van der Waals surface area contributed by atoms with Crippen molar-refractivity contribution >= 4 is 46.2 Å². The summed E-state index contributed by atoms with van der Waals surface area (Å²) < 4.78 is 9.61. The van der Waals surface area contributed by atoms with Crippen molar-refractivity contribution in [3.63, 3.8) is 0 Å². The maximum absolute atomic E-state index is 4.84. The first-order chi connectivity index (χ1) is 11.4. The standard InChI is InChI=1S/2C9H11NOS/c2*1-7-3-5-8(6-4-7)10-9(12)11-2/h2*3-6H,1-2H3,(H,10,12). The zero-order chi connectivity index (χ0) is 17.9. The number of nitrogens with one attached hydrogen (secondary N) is 2. The average Bonchev–Trinajstić information content (AvgIpc) is 2.59. The van der Waals surface area contributed by atoms with Crippen LogP contribution in [-0.4, -0.2) is 24.6 Å². The normalized spacial score (nSPS) is 9.17. The molecule has 0 spiro atoms. The molecule has 2 N–H and O–H groups in total. The van der Waals surface area contributed by atoms with Crippen LogP contribution in [-0.2, 0) is 9.47 Å². The van der Waals surface area contributed by atoms with Crippen LogP contribution in [0.1, 0.15) is 11.1 Å². The Kier molecular flexibility index (Phi) is 8.75. The third-order valence-corrected chi connectivity index (χ3v) is 3.50. The van der Waals surface area contributed by atoms with Crippen molar-refractivity contribution in [2.24, 2.45) is 0 Å². The number of anilines is 2. The molecule has 0 bridgehead atoms. The zero-order valence-electron chi connectivity index (χ0n) is 14.3. The Bertz CT molecular complexity index is 596. The summed E-state index contributed by atoms with van der Waals surface area (Å²) in [5.74, 6) is 0. The van der Waals surface area contributed by atoms with E-state index < -0.39 is 0 Å². The molecule has 4 nitrogen and oxygen atoms in total. The van der Waals surface area contributed by atoms with E-state index in [1.54, 1.807) is 14.2 Å². The number of benzene rings is 2. The summed E-state index contributed by atoms with van der Waals surface area (Å²) in [7, 11) is 3.09. The van der Waals surface area contributed by atoms with Gasteiger partial charge in [0.25, 0.3) is 10.3 Å². The largest absolute Gasteiger partial charge is 0.474 e. The summed E-state index contributed by atoms with van der Waals surface area (Å²) in [4.78, 5) is 0. The molecule has 0 saturated carbocycles. The number of aryl methyl sites for hydroxylation is 2. The highest BCUT2D eigenvalue weighted by Crippen LogP contribution is 2.09. The second-order valence-electron chi connectivity index (χ2n) is 4.97. The minimum atomic E-state index is 0.388. The van der Waals surface area contributed by atoms with Crippen molar-refractivity contribution in [1.29, 1.82) is 0 Å². The molecular formula is C18H22N2O2S2. The number of hydrogen-bond donors (Lipinski definition) is 2. The zero-order valence-corrected chi connectivity index (χ0v) is 15.9. The van der Waals surface area contributed by atoms with Crippen molar-refractivity contribution in [3.8, 4) is 0 Å². The molecule has 0 fully saturated rings. The van der Waals surface area contributed by atoms with Gasteiger partial charge >= 0.3 is 0 Å². The lowest BCUT2D eigenvalue weighted by molar-refractivity contribution is 0.413. The van der Waals surface area contributed by atoms with Crippen LogP contribution < -0.4 is 10.6 Å². The quantitative estimate of drug-likeness (QED) is 0.757. The maximum Gasteiger partial charge on any atom is 0.260 e. The molecule has 24 heavy (non-hydrogen) atoms. The van der Waals surface area contributed by atoms with E-state index in [9.17, 15) is 0 Å². The summed E-state index contributed by atoms with van der Waals surface area (Å²) in [5.41, 5.74) is 4.35. The molecule has 0 aliphatic heterocycles. The van der Waals surface area contributed by atoms with E-state index in [2.05, 4.69) is 10.6 Å². The van der Waals surface area contributed by atoms with Crippen molar-refractivity contribution in [2.75, 3.05) is 24.9 Å². The second-order valence-corrected chi connectivity index (χ2v) is 5.71. The molecule has 0 aliphatic rings. The molecule has 0 aliphatic carbocycles. The minimum Gasteiger partial charge on any atom is -0.474 e. The first kappa shape index (κ1) is 19.9. The first-order valence-electron chi connectivity index (χ1n) is 7.28. The Labute approximate surface area is 154 Å². The van der Waals surface area contributed by atoms with Gasteiger partial charge in [0.15, 0.2) is 0 Å². The molecule has 0 saturated heterocycles. The topological polar surface area (TPSA) is 42.5 Å². The average molecular weight is 363 g/mol. The molecule has 0 amide bonds. The van der Waals surface area contributed by atoms with Crippen LogP contribution in [0.25, 0.3) is 0 Å². The number of rotatable bonds is 2. The Morgan fingerprint density at radius 3 is 1.21 bits per heavy atom. The third-order valence-electron chi connectivity index (χ3n) is 2.97. The van der Waals surface area contributed by atoms with Crippen LogP contribution >= 0.6 is 24.4 Å². The molecule has 0 atom stereocenters. The lowest BCUT2D eigenvalue weighted by atomic mass is 10.2. The Morgan fingerprint density at radius 1 is 0.667 bits per heavy atom. The highest BCUT2D eigenvalue weighted by atomic mass is 32.1. The van der Waals surface area contributed by atoms with Crippen LogP contribution in [0, 0.1) is 13.8 Å². The summed E-state index contributed by atoms with van der Waals surface area (Å²) in [6, 6.07) is 15.9. The molecule has 2 aromatic rings. The van der Waals surface area contributed by atoms with Gasteiger partial charge in [0.1, 0.15) is 0 Å². The highest BCUT2D eigenvalue weighted by Gasteiger charge is 1.95. The molecule has 2 aromatic carbocycles. The van der Waals surface area contributed by atoms with Gasteiger partial charge < -0.3 is 20.1 Å². The number of methoxy groups -OCH3 is 2. The van der Waals surface area contributed by atoms with Crippen LogP contribution in [0.15, 0.2) is 48.5 Å². The lowest BCUT2D eigenvalue weighted by Crippen LogP contribution is -2.10. The number of thiocarbonyl (C=S) groups is 2. The van der Waals surface area contributed by atoms with Crippen LogP contribution in [0.4, 0.5) is 11.4 Å². The SMILES string of the molecule is COC(=S)Nc1ccc(C)cc1.COC(=S)Nc1ccc(C)cc1. The first-order valence-corrected chi connectivity index (χ1v) is 8.09. The van der Waals surface area contributed by atoms with Crippen LogP contribution in [0.2, 0.25) is 0 Å². The van der Waals surface area contributed by atoms with Gasteiger partial charge in [0, 0.05) is 11.4 Å². The fourth-order valence-electron chi connectivity index (χ4n) is 1.61. The summed E-state index contributed by atoms with van der Waals surface area (Å²) >= 11 is 9.67. The molecule has 0 unspecified atom stereocenters. The molecule has 0 heterocycles. The predicted octanol–water partition coefficient (Wildman–Crippen LogP) is 4.68. The van der Waals surface area contributed by atoms with E-state index >= 15 is 0 Å². The van der Waals surface area contributed by atoms with Gasteiger partial charge in [0.2, 0.25) is 0 Å². The number of ether oxygens (including phenoxy) is 2. The van der Waals surface area contributed by atoms with E-state index in [1.807, 2.05) is 62.4 Å². The van der Waals surface area contributed by atoms with Crippen molar-refractivity contribution in [3.05, 3.63) is 59.7 Å². The van der Waals surface area contributed by atoms with E-state index in [1.165, 1.54) is 11.1 Å². The molecule has 128 valence electrons. The maximum atomic E-state index is 4.84. The van der Waals surface area contributed by atoms with Gasteiger partial charge in [-0.15, -0.1) is 0 Å². The van der Waals surface area contributed by atoms with Crippen molar-refractivity contribution < 1.29 is 9.47 Å². The Hall–Kier alpha value is -2.18. The summed E-state index contributed by atoms with van der Waals surface area (Å²) in [5, 5.41) is 6.63. The third kappa shape index (κ3) is 7.89. The molecule has 0 radical (unpaired) electrons. The molecule has 0 aromatic heterocycles. The Morgan fingerprint density at radius 2 is 0.958 bits per heavy atom. The lowest BCUT2D eigenvalue weighted by Gasteiger charge is -2.05. The van der Waals surface area contributed by atoms with Crippen molar-refractivity contribution in [1.82, 2.24) is 0 Å². The van der Waals surface area contributed by atoms with Gasteiger partial charge in [-0.25, -0.2) is 0 Å². The molecular weight excluding hydrogens is 340 g/mol. The van der Waals surface area contributed by atoms with Gasteiger partial charge in [-0.1, -0.05) is 35.4 Å². The molecule has 2 rings (SSSR count). The van der Waals surface area contributed by atoms with Crippen LogP contribution in [0.3, 0.4) is 0 Å². The number of hydrogen-bond acceptors (Lipinski definition) is 4. The van der Waals surface area contributed by atoms with Gasteiger partial charge in [-0.2, -0.15) is 0 Å². The second kappa shape index (κ2) is 10.6. The fraction of sp³-hybridized carbons (Fsp3) is 0.222.